The molecule has 1 aromatic heterocycles. The number of hydrogen-bond donors (Lipinski definition) is 1. The highest BCUT2D eigenvalue weighted by atomic mass is 16.5. The fourth-order valence-electron chi connectivity index (χ4n) is 2.63. The van der Waals surface area contributed by atoms with E-state index in [1.807, 2.05) is 12.1 Å². The van der Waals surface area contributed by atoms with E-state index >= 15 is 0 Å². The van der Waals surface area contributed by atoms with Crippen LogP contribution >= 0.6 is 0 Å². The largest absolute Gasteiger partial charge is 0.378 e. The van der Waals surface area contributed by atoms with Crippen molar-refractivity contribution in [1.29, 1.82) is 0 Å². The van der Waals surface area contributed by atoms with Gasteiger partial charge in [-0.15, -0.1) is 0 Å². The molecule has 2 heterocycles. The van der Waals surface area contributed by atoms with Crippen LogP contribution in [0.1, 0.15) is 18.9 Å². The lowest BCUT2D eigenvalue weighted by Gasteiger charge is -2.29. The molecule has 1 N–H and O–H groups in total. The maximum absolute atomic E-state index is 11.9. The number of anilines is 1. The van der Waals surface area contributed by atoms with Gasteiger partial charge in [0.05, 0.1) is 13.2 Å². The number of aromatic nitrogens is 1. The van der Waals surface area contributed by atoms with Gasteiger partial charge in [0.15, 0.2) is 0 Å². The molecule has 0 radical (unpaired) electrons. The van der Waals surface area contributed by atoms with Gasteiger partial charge in [-0.05, 0) is 18.4 Å². The van der Waals surface area contributed by atoms with Crippen LogP contribution < -0.4 is 10.2 Å². The van der Waals surface area contributed by atoms with Crippen molar-refractivity contribution >= 4 is 11.7 Å². The van der Waals surface area contributed by atoms with Crippen molar-refractivity contribution in [1.82, 2.24) is 10.3 Å². The summed E-state index contributed by atoms with van der Waals surface area (Å²) in [4.78, 5) is 18.6. The highest BCUT2D eigenvalue weighted by molar-refractivity contribution is 5.81. The van der Waals surface area contributed by atoms with Crippen LogP contribution in [0.3, 0.4) is 0 Å². The van der Waals surface area contributed by atoms with Gasteiger partial charge in [-0.2, -0.15) is 0 Å². The number of morpholine rings is 1. The molecule has 0 bridgehead atoms. The van der Waals surface area contributed by atoms with Crippen molar-refractivity contribution in [2.75, 3.05) is 31.2 Å². The Hall–Kier alpha value is -1.62. The number of pyridine rings is 1. The molecule has 2 atom stereocenters. The third kappa shape index (κ3) is 2.93. The fourth-order valence-corrected chi connectivity index (χ4v) is 2.63. The number of hydrogen-bond acceptors (Lipinski definition) is 4. The number of carbonyl (C=O) groups is 1. The van der Waals surface area contributed by atoms with Crippen LogP contribution in [0.5, 0.6) is 0 Å². The second-order valence-electron chi connectivity index (χ2n) is 5.62. The molecule has 1 aromatic rings. The smallest absolute Gasteiger partial charge is 0.223 e. The first kappa shape index (κ1) is 13.4. The van der Waals surface area contributed by atoms with Gasteiger partial charge in [0.1, 0.15) is 5.82 Å². The van der Waals surface area contributed by atoms with E-state index in [1.165, 1.54) is 0 Å². The Morgan fingerprint density at radius 2 is 2.25 bits per heavy atom. The molecule has 2 aliphatic rings. The Morgan fingerprint density at radius 3 is 2.95 bits per heavy atom. The van der Waals surface area contributed by atoms with Gasteiger partial charge in [0, 0.05) is 37.3 Å². The molecule has 1 amide bonds. The predicted octanol–water partition coefficient (Wildman–Crippen LogP) is 1.19. The topological polar surface area (TPSA) is 54.5 Å². The van der Waals surface area contributed by atoms with E-state index in [-0.39, 0.29) is 11.8 Å². The third-order valence-corrected chi connectivity index (χ3v) is 4.08. The fraction of sp³-hybridized carbons (Fsp3) is 0.600. The number of ether oxygens (including phenoxy) is 1. The summed E-state index contributed by atoms with van der Waals surface area (Å²) in [6, 6.07) is 3.96. The number of nitrogens with zero attached hydrogens (tertiary/aromatic N) is 2. The predicted molar refractivity (Wildman–Crippen MR) is 76.4 cm³/mol. The van der Waals surface area contributed by atoms with Gasteiger partial charge in [-0.25, -0.2) is 4.98 Å². The van der Waals surface area contributed by atoms with Crippen LogP contribution in [0.15, 0.2) is 18.3 Å². The normalized spacial score (nSPS) is 25.4. The summed E-state index contributed by atoms with van der Waals surface area (Å²) >= 11 is 0. The number of carbonyl (C=O) groups excluding carboxylic acids is 1. The van der Waals surface area contributed by atoms with Crippen molar-refractivity contribution in [3.63, 3.8) is 0 Å². The maximum Gasteiger partial charge on any atom is 0.223 e. The minimum atomic E-state index is 0.175. The average molecular weight is 275 g/mol. The lowest BCUT2D eigenvalue weighted by Crippen LogP contribution is -2.38. The first-order valence-corrected chi connectivity index (χ1v) is 7.30. The van der Waals surface area contributed by atoms with E-state index in [0.29, 0.717) is 12.5 Å². The number of amides is 1. The second-order valence-corrected chi connectivity index (χ2v) is 5.62. The second kappa shape index (κ2) is 5.79. The minimum Gasteiger partial charge on any atom is -0.378 e. The summed E-state index contributed by atoms with van der Waals surface area (Å²) in [5.41, 5.74) is 1.08. The van der Waals surface area contributed by atoms with Crippen LogP contribution in [0, 0.1) is 11.8 Å². The van der Waals surface area contributed by atoms with Crippen LogP contribution in [0.4, 0.5) is 5.82 Å². The first-order chi connectivity index (χ1) is 9.75. The van der Waals surface area contributed by atoms with Crippen LogP contribution in [-0.4, -0.2) is 37.2 Å². The zero-order valence-corrected chi connectivity index (χ0v) is 11.8. The van der Waals surface area contributed by atoms with Gasteiger partial charge >= 0.3 is 0 Å². The van der Waals surface area contributed by atoms with Crippen molar-refractivity contribution in [2.24, 2.45) is 11.8 Å². The standard InChI is InChI=1S/C15H21N3O2/c1-11-9-13(11)15(19)17-10-12-3-2-4-16-14(12)18-5-7-20-8-6-18/h2-4,11,13H,5-10H2,1H3,(H,17,19)/t11-,13+/m0/s1. The quantitative estimate of drug-likeness (QED) is 0.897. The molecule has 108 valence electrons. The Morgan fingerprint density at radius 1 is 1.50 bits per heavy atom. The molecule has 1 aliphatic heterocycles. The molecule has 0 spiro atoms. The van der Waals surface area contributed by atoms with Gasteiger partial charge in [-0.3, -0.25) is 4.79 Å². The molecule has 20 heavy (non-hydrogen) atoms. The van der Waals surface area contributed by atoms with E-state index in [9.17, 15) is 4.79 Å². The average Bonchev–Trinajstić information content (AvgIpc) is 3.23. The summed E-state index contributed by atoms with van der Waals surface area (Å²) in [7, 11) is 0. The first-order valence-electron chi connectivity index (χ1n) is 7.30. The Bertz CT molecular complexity index is 486. The van der Waals surface area contributed by atoms with E-state index in [4.69, 9.17) is 4.74 Å². The molecule has 0 unspecified atom stereocenters. The molecule has 1 saturated carbocycles. The van der Waals surface area contributed by atoms with Crippen LogP contribution in [0.25, 0.3) is 0 Å². The van der Waals surface area contributed by atoms with Gasteiger partial charge < -0.3 is 15.0 Å². The lowest BCUT2D eigenvalue weighted by molar-refractivity contribution is -0.122. The molecule has 1 aliphatic carbocycles. The Kier molecular flexibility index (Phi) is 3.87. The van der Waals surface area contributed by atoms with Crippen molar-refractivity contribution in [3.8, 4) is 0 Å². The third-order valence-electron chi connectivity index (χ3n) is 4.08. The Labute approximate surface area is 119 Å². The van der Waals surface area contributed by atoms with Crippen LogP contribution in [-0.2, 0) is 16.1 Å². The summed E-state index contributed by atoms with van der Waals surface area (Å²) < 4.78 is 5.37. The number of nitrogens with one attached hydrogen (secondary N) is 1. The van der Waals surface area contributed by atoms with E-state index in [2.05, 4.69) is 22.1 Å². The highest BCUT2D eigenvalue weighted by Crippen LogP contribution is 2.37. The van der Waals surface area contributed by atoms with Gasteiger partial charge in [-0.1, -0.05) is 13.0 Å². The summed E-state index contributed by atoms with van der Waals surface area (Å²) in [5, 5.41) is 3.03. The molecule has 3 rings (SSSR count). The monoisotopic (exact) mass is 275 g/mol. The van der Waals surface area contributed by atoms with Crippen molar-refractivity contribution < 1.29 is 9.53 Å². The van der Waals surface area contributed by atoms with E-state index in [1.54, 1.807) is 6.20 Å². The van der Waals surface area contributed by atoms with Gasteiger partial charge in [0.2, 0.25) is 5.91 Å². The molecule has 5 heteroatoms. The molecule has 0 aromatic carbocycles. The zero-order valence-electron chi connectivity index (χ0n) is 11.8. The minimum absolute atomic E-state index is 0.175. The number of rotatable bonds is 4. The summed E-state index contributed by atoms with van der Waals surface area (Å²) in [6.07, 6.45) is 2.83. The summed E-state index contributed by atoms with van der Waals surface area (Å²) in [6.45, 7) is 5.87. The Balaban J connectivity index is 1.64. The van der Waals surface area contributed by atoms with E-state index in [0.717, 1.165) is 44.1 Å². The SMILES string of the molecule is C[C@H]1C[C@H]1C(=O)NCc1cccnc1N1CCOCC1. The van der Waals surface area contributed by atoms with Crippen molar-refractivity contribution in [3.05, 3.63) is 23.9 Å². The zero-order chi connectivity index (χ0) is 13.9. The van der Waals surface area contributed by atoms with Gasteiger partial charge in [0.25, 0.3) is 0 Å². The molecule has 5 nitrogen and oxygen atoms in total. The van der Waals surface area contributed by atoms with Crippen LogP contribution in [0.2, 0.25) is 0 Å². The highest BCUT2D eigenvalue weighted by Gasteiger charge is 2.38. The molecular formula is C15H21N3O2. The summed E-state index contributed by atoms with van der Waals surface area (Å²) in [5.74, 6) is 1.91. The van der Waals surface area contributed by atoms with E-state index < -0.39 is 0 Å². The molecule has 1 saturated heterocycles. The molecule has 2 fully saturated rings. The lowest BCUT2D eigenvalue weighted by atomic mass is 10.2. The molecular weight excluding hydrogens is 254 g/mol. The maximum atomic E-state index is 11.9. The van der Waals surface area contributed by atoms with Crippen molar-refractivity contribution in [2.45, 2.75) is 19.9 Å².